The number of nitrogens with one attached hydrogen (secondary N) is 1. The van der Waals surface area contributed by atoms with Crippen LogP contribution in [0.1, 0.15) is 143 Å². The smallest absolute Gasteiger partial charge is 0.372 e. The molecule has 2 aromatic rings. The summed E-state index contributed by atoms with van der Waals surface area (Å²) in [6, 6.07) is 10.4. The molecular weight excluding hydrogens is 538 g/mol. The molecule has 1 N–H and O–H groups in total. The zero-order chi connectivity index (χ0) is 30.7. The normalized spacial score (nSPS) is 11.3. The zero-order valence-corrected chi connectivity index (χ0v) is 28.5. The molecule has 0 unspecified atom stereocenters. The molecule has 0 spiro atoms. The molecule has 4 nitrogen and oxygen atoms in total. The van der Waals surface area contributed by atoms with Gasteiger partial charge >= 0.3 is 5.30 Å². The Labute approximate surface area is 263 Å². The number of unbranched alkanes of at least 4 members (excludes halogenated alkanes) is 13. The molecular formula is C37H63NO3S. The quantitative estimate of drug-likeness (QED) is 0.0782. The standard InChI is InChI=1S/C23H48O.C14H15NO2S/c1-5-6-7-8-9-12-15-18-21-24-22-19-16-13-10-11-14-17-20-23(2,3)4;1-2-17-14(16)18-9-5-7-12-10-11-6-3-4-8-13(11)15-12/h5-22H2,1-4H3;2-4,6,8,10,15H,1,5,7,9H2. The molecule has 1 heterocycles. The summed E-state index contributed by atoms with van der Waals surface area (Å²) in [4.78, 5) is 14.4. The molecule has 0 bridgehead atoms. The van der Waals surface area contributed by atoms with Crippen molar-refractivity contribution in [3.8, 4) is 0 Å². The molecule has 0 aliphatic carbocycles. The maximum absolute atomic E-state index is 11.1. The van der Waals surface area contributed by atoms with Crippen LogP contribution in [0.25, 0.3) is 10.9 Å². The fourth-order valence-electron chi connectivity index (χ4n) is 4.97. The molecule has 0 fully saturated rings. The number of thioether (sulfide) groups is 1. The summed E-state index contributed by atoms with van der Waals surface area (Å²) in [5.74, 6) is 0.752. The fraction of sp³-hybridized carbons (Fsp3) is 0.703. The predicted molar refractivity (Wildman–Crippen MR) is 186 cm³/mol. The number of para-hydroxylation sites is 1. The highest BCUT2D eigenvalue weighted by atomic mass is 32.2. The maximum Gasteiger partial charge on any atom is 0.372 e. The van der Waals surface area contributed by atoms with Gasteiger partial charge in [-0.05, 0) is 66.8 Å². The number of H-pyrrole nitrogens is 1. The average molecular weight is 602 g/mol. The summed E-state index contributed by atoms with van der Waals surface area (Å²) in [6.07, 6.45) is 25.2. The number of benzene rings is 1. The second kappa shape index (κ2) is 25.7. The summed E-state index contributed by atoms with van der Waals surface area (Å²) in [5, 5.41) is 0.938. The molecule has 42 heavy (non-hydrogen) atoms. The molecule has 0 radical (unpaired) electrons. The Kier molecular flexibility index (Phi) is 23.5. The van der Waals surface area contributed by atoms with Crippen molar-refractivity contribution in [3.05, 3.63) is 48.9 Å². The number of carbonyl (C=O) groups excluding carboxylic acids is 1. The van der Waals surface area contributed by atoms with Gasteiger partial charge in [0.25, 0.3) is 0 Å². The average Bonchev–Trinajstić information content (AvgIpc) is 3.38. The molecule has 2 rings (SSSR count). The van der Waals surface area contributed by atoms with E-state index in [1.807, 2.05) is 12.1 Å². The molecule has 1 aromatic carbocycles. The predicted octanol–water partition coefficient (Wildman–Crippen LogP) is 12.4. The van der Waals surface area contributed by atoms with Crippen molar-refractivity contribution < 1.29 is 14.3 Å². The summed E-state index contributed by atoms with van der Waals surface area (Å²) in [5.41, 5.74) is 2.88. The molecule has 0 aliphatic heterocycles. The minimum atomic E-state index is -0.290. The second-order valence-corrected chi connectivity index (χ2v) is 13.8. The minimum absolute atomic E-state index is 0.290. The number of rotatable bonds is 23. The lowest BCUT2D eigenvalue weighted by Crippen LogP contribution is -2.03. The summed E-state index contributed by atoms with van der Waals surface area (Å²) in [7, 11) is 0. The van der Waals surface area contributed by atoms with E-state index in [2.05, 4.69) is 62.2 Å². The SMILES string of the molecule is C=COC(=O)SCCCc1cc2ccccc2[nH]1.CCCCCCCCCCOCCCCCCCCCC(C)(C)C. The van der Waals surface area contributed by atoms with E-state index in [0.29, 0.717) is 5.41 Å². The molecule has 240 valence electrons. The van der Waals surface area contributed by atoms with Crippen LogP contribution in [0, 0.1) is 5.41 Å². The Morgan fingerprint density at radius 3 is 1.98 bits per heavy atom. The van der Waals surface area contributed by atoms with Crippen LogP contribution in [0.4, 0.5) is 4.79 Å². The monoisotopic (exact) mass is 601 g/mol. The Morgan fingerprint density at radius 1 is 0.833 bits per heavy atom. The van der Waals surface area contributed by atoms with Gasteiger partial charge in [0, 0.05) is 30.2 Å². The van der Waals surface area contributed by atoms with Crippen molar-refractivity contribution in [2.24, 2.45) is 5.41 Å². The van der Waals surface area contributed by atoms with Crippen LogP contribution in [-0.2, 0) is 15.9 Å². The molecule has 0 aliphatic rings. The lowest BCUT2D eigenvalue weighted by atomic mass is 9.89. The Hall–Kier alpha value is -1.72. The first-order valence-corrected chi connectivity index (χ1v) is 17.9. The number of aromatic amines is 1. The minimum Gasteiger partial charge on any atom is -0.427 e. The van der Waals surface area contributed by atoms with Crippen molar-refractivity contribution in [1.82, 2.24) is 4.98 Å². The van der Waals surface area contributed by atoms with Crippen LogP contribution in [0.15, 0.2) is 43.2 Å². The van der Waals surface area contributed by atoms with Gasteiger partial charge in [-0.3, -0.25) is 0 Å². The number of hydrogen-bond acceptors (Lipinski definition) is 4. The number of ether oxygens (including phenoxy) is 2. The number of hydrogen-bond donors (Lipinski definition) is 1. The molecule has 0 saturated carbocycles. The number of aryl methyl sites for hydroxylation is 1. The van der Waals surface area contributed by atoms with Gasteiger partial charge in [0.05, 0.1) is 6.26 Å². The van der Waals surface area contributed by atoms with E-state index in [-0.39, 0.29) is 5.30 Å². The molecule has 0 amide bonds. The van der Waals surface area contributed by atoms with E-state index in [0.717, 1.165) is 43.6 Å². The van der Waals surface area contributed by atoms with Crippen molar-refractivity contribution >= 4 is 28.0 Å². The summed E-state index contributed by atoms with van der Waals surface area (Å²) < 4.78 is 10.4. The second-order valence-electron chi connectivity index (χ2n) is 12.7. The Morgan fingerprint density at radius 2 is 1.40 bits per heavy atom. The number of fused-ring (bicyclic) bond motifs is 1. The van der Waals surface area contributed by atoms with Crippen molar-refractivity contribution in [3.63, 3.8) is 0 Å². The molecule has 1 aromatic heterocycles. The van der Waals surface area contributed by atoms with E-state index >= 15 is 0 Å². The van der Waals surface area contributed by atoms with E-state index in [9.17, 15) is 4.79 Å². The van der Waals surface area contributed by atoms with Gasteiger partial charge in [-0.25, -0.2) is 4.79 Å². The van der Waals surface area contributed by atoms with E-state index in [1.54, 1.807) is 0 Å². The highest BCUT2D eigenvalue weighted by molar-refractivity contribution is 8.13. The summed E-state index contributed by atoms with van der Waals surface area (Å²) >= 11 is 1.18. The maximum atomic E-state index is 11.1. The van der Waals surface area contributed by atoms with Gasteiger partial charge in [0.2, 0.25) is 0 Å². The highest BCUT2D eigenvalue weighted by Crippen LogP contribution is 2.22. The zero-order valence-electron chi connectivity index (χ0n) is 27.7. The van der Waals surface area contributed by atoms with Crippen LogP contribution < -0.4 is 0 Å². The first kappa shape index (κ1) is 38.3. The third kappa shape index (κ3) is 22.8. The van der Waals surface area contributed by atoms with E-state index in [4.69, 9.17) is 4.74 Å². The topological polar surface area (TPSA) is 51.3 Å². The van der Waals surface area contributed by atoms with Gasteiger partial charge in [0.1, 0.15) is 0 Å². The molecule has 0 saturated heterocycles. The van der Waals surface area contributed by atoms with Crippen molar-refractivity contribution in [2.45, 2.75) is 143 Å². The number of aromatic nitrogens is 1. The van der Waals surface area contributed by atoms with Gasteiger partial charge in [-0.2, -0.15) is 0 Å². The van der Waals surface area contributed by atoms with E-state index < -0.39 is 0 Å². The van der Waals surface area contributed by atoms with Gasteiger partial charge in [0.15, 0.2) is 0 Å². The lowest BCUT2D eigenvalue weighted by molar-refractivity contribution is 0.125. The van der Waals surface area contributed by atoms with E-state index in [1.165, 1.54) is 126 Å². The van der Waals surface area contributed by atoms with Gasteiger partial charge < -0.3 is 14.5 Å². The van der Waals surface area contributed by atoms with Crippen LogP contribution >= 0.6 is 11.8 Å². The Balaban J connectivity index is 0.000000435. The first-order chi connectivity index (χ1) is 20.4. The highest BCUT2D eigenvalue weighted by Gasteiger charge is 2.08. The lowest BCUT2D eigenvalue weighted by Gasteiger charge is -2.17. The Bertz CT molecular complexity index is 884. The van der Waals surface area contributed by atoms with Crippen molar-refractivity contribution in [1.29, 1.82) is 0 Å². The number of carbonyl (C=O) groups is 1. The molecule has 0 atom stereocenters. The van der Waals surface area contributed by atoms with Gasteiger partial charge in [-0.1, -0.05) is 136 Å². The van der Waals surface area contributed by atoms with Crippen LogP contribution in [0.2, 0.25) is 0 Å². The largest absolute Gasteiger partial charge is 0.427 e. The fourth-order valence-corrected chi connectivity index (χ4v) is 5.56. The van der Waals surface area contributed by atoms with Crippen LogP contribution in [0.3, 0.4) is 0 Å². The third-order valence-electron chi connectivity index (χ3n) is 7.43. The van der Waals surface area contributed by atoms with Gasteiger partial charge in [-0.15, -0.1) is 0 Å². The molecule has 5 heteroatoms. The van der Waals surface area contributed by atoms with Crippen molar-refractivity contribution in [2.75, 3.05) is 19.0 Å². The van der Waals surface area contributed by atoms with Crippen LogP contribution in [-0.4, -0.2) is 29.3 Å². The summed E-state index contributed by atoms with van der Waals surface area (Å²) in [6.45, 7) is 14.6. The first-order valence-electron chi connectivity index (χ1n) is 16.9. The van der Waals surface area contributed by atoms with Crippen LogP contribution in [0.5, 0.6) is 0 Å². The third-order valence-corrected chi connectivity index (χ3v) is 8.26.